The van der Waals surface area contributed by atoms with Crippen LogP contribution in [0.5, 0.6) is 0 Å². The number of likely N-dealkylation sites (N-methyl/N-ethyl adjacent to an activating group) is 1. The van der Waals surface area contributed by atoms with Crippen molar-refractivity contribution in [3.8, 4) is 0 Å². The van der Waals surface area contributed by atoms with Crippen molar-refractivity contribution < 1.29 is 9.47 Å². The minimum absolute atomic E-state index is 0.244. The van der Waals surface area contributed by atoms with Crippen LogP contribution >= 0.6 is 0 Å². The van der Waals surface area contributed by atoms with Crippen molar-refractivity contribution in [3.05, 3.63) is 0 Å². The Morgan fingerprint density at radius 2 is 2.17 bits per heavy atom. The van der Waals surface area contributed by atoms with Crippen LogP contribution in [-0.2, 0) is 9.47 Å². The Bertz CT molecular complexity index is 251. The van der Waals surface area contributed by atoms with Gasteiger partial charge in [-0.3, -0.25) is 0 Å². The van der Waals surface area contributed by atoms with E-state index in [2.05, 4.69) is 26.1 Å². The summed E-state index contributed by atoms with van der Waals surface area (Å²) in [4.78, 5) is 0. The summed E-state index contributed by atoms with van der Waals surface area (Å²) in [5.41, 5.74) is 0.244. The van der Waals surface area contributed by atoms with E-state index in [1.807, 2.05) is 0 Å². The number of hydrogen-bond donors (Lipinski definition) is 1. The highest BCUT2D eigenvalue weighted by molar-refractivity contribution is 4.96. The summed E-state index contributed by atoms with van der Waals surface area (Å²) in [5.74, 6) is 0.720. The van der Waals surface area contributed by atoms with Gasteiger partial charge in [-0.25, -0.2) is 0 Å². The Kier molecular flexibility index (Phi) is 5.05. The second-order valence-electron chi connectivity index (χ2n) is 6.18. The lowest BCUT2D eigenvalue weighted by Crippen LogP contribution is -2.51. The maximum atomic E-state index is 6.02. The molecule has 2 fully saturated rings. The van der Waals surface area contributed by atoms with Gasteiger partial charge in [-0.15, -0.1) is 0 Å². The lowest BCUT2D eigenvalue weighted by Gasteiger charge is -2.48. The molecular weight excluding hydrogens is 226 g/mol. The fraction of sp³-hybridized carbons (Fsp3) is 1.00. The van der Waals surface area contributed by atoms with Crippen molar-refractivity contribution in [2.45, 2.75) is 70.6 Å². The summed E-state index contributed by atoms with van der Waals surface area (Å²) >= 11 is 0. The van der Waals surface area contributed by atoms with Crippen molar-refractivity contribution in [2.75, 3.05) is 19.8 Å². The summed E-state index contributed by atoms with van der Waals surface area (Å²) in [7, 11) is 0. The molecule has 2 unspecified atom stereocenters. The van der Waals surface area contributed by atoms with E-state index in [1.54, 1.807) is 0 Å². The van der Waals surface area contributed by atoms with E-state index in [0.29, 0.717) is 12.1 Å². The Labute approximate surface area is 112 Å². The van der Waals surface area contributed by atoms with Crippen LogP contribution in [0.2, 0.25) is 0 Å². The first-order chi connectivity index (χ1) is 8.65. The zero-order valence-electron chi connectivity index (χ0n) is 12.2. The molecule has 2 aliphatic rings. The Balaban J connectivity index is 1.87. The Morgan fingerprint density at radius 3 is 2.72 bits per heavy atom. The van der Waals surface area contributed by atoms with Crippen molar-refractivity contribution in [1.29, 1.82) is 0 Å². The first-order valence-corrected chi connectivity index (χ1v) is 7.64. The number of hydrogen-bond acceptors (Lipinski definition) is 3. The summed E-state index contributed by atoms with van der Waals surface area (Å²) < 4.78 is 11.8. The van der Waals surface area contributed by atoms with Crippen molar-refractivity contribution >= 4 is 0 Å². The molecular formula is C15H29NO2. The van der Waals surface area contributed by atoms with Crippen molar-refractivity contribution in [1.82, 2.24) is 5.32 Å². The first kappa shape index (κ1) is 14.3. The van der Waals surface area contributed by atoms with Crippen LogP contribution in [-0.4, -0.2) is 37.5 Å². The Hall–Kier alpha value is -0.120. The van der Waals surface area contributed by atoms with E-state index in [9.17, 15) is 0 Å². The third kappa shape index (κ3) is 3.46. The van der Waals surface area contributed by atoms with Gasteiger partial charge in [-0.1, -0.05) is 6.92 Å². The van der Waals surface area contributed by atoms with E-state index < -0.39 is 0 Å². The molecule has 1 N–H and O–H groups in total. The van der Waals surface area contributed by atoms with E-state index in [-0.39, 0.29) is 5.60 Å². The van der Waals surface area contributed by atoms with Crippen LogP contribution in [0.1, 0.15) is 52.9 Å². The fourth-order valence-corrected chi connectivity index (χ4v) is 3.25. The molecule has 106 valence electrons. The van der Waals surface area contributed by atoms with E-state index in [0.717, 1.165) is 25.7 Å². The maximum absolute atomic E-state index is 6.02. The van der Waals surface area contributed by atoms with E-state index in [4.69, 9.17) is 9.47 Å². The van der Waals surface area contributed by atoms with Crippen molar-refractivity contribution in [3.63, 3.8) is 0 Å². The fourth-order valence-electron chi connectivity index (χ4n) is 3.25. The zero-order valence-corrected chi connectivity index (χ0v) is 12.2. The van der Waals surface area contributed by atoms with Gasteiger partial charge in [0.05, 0.1) is 18.3 Å². The smallest absolute Gasteiger partial charge is 0.0685 e. The van der Waals surface area contributed by atoms with Gasteiger partial charge in [-0.05, 0) is 58.4 Å². The van der Waals surface area contributed by atoms with Crippen LogP contribution in [0.3, 0.4) is 0 Å². The van der Waals surface area contributed by atoms with Gasteiger partial charge in [0.25, 0.3) is 0 Å². The van der Waals surface area contributed by atoms with Crippen molar-refractivity contribution in [2.24, 2.45) is 5.92 Å². The predicted molar refractivity (Wildman–Crippen MR) is 73.8 cm³/mol. The molecule has 1 heterocycles. The minimum atomic E-state index is 0.244. The number of rotatable bonds is 6. The summed E-state index contributed by atoms with van der Waals surface area (Å²) in [6.07, 6.45) is 6.62. The van der Waals surface area contributed by atoms with Gasteiger partial charge in [0.15, 0.2) is 0 Å². The molecule has 1 spiro atoms. The third-order valence-electron chi connectivity index (χ3n) is 4.44. The number of ether oxygens (including phenoxy) is 2. The molecule has 2 rings (SSSR count). The third-order valence-corrected chi connectivity index (χ3v) is 4.44. The quantitative estimate of drug-likeness (QED) is 0.791. The highest BCUT2D eigenvalue weighted by atomic mass is 16.5. The second-order valence-corrected chi connectivity index (χ2v) is 6.18. The standard InChI is InChI=1S/C15H29NO2/c1-4-16-14(11-17-12(2)3)13-6-9-18-15(10-13)7-5-8-15/h12-14,16H,4-11H2,1-3H3. The molecule has 18 heavy (non-hydrogen) atoms. The molecule has 0 aromatic carbocycles. The molecule has 0 bridgehead atoms. The molecule has 3 heteroatoms. The highest BCUT2D eigenvalue weighted by Gasteiger charge is 2.44. The monoisotopic (exact) mass is 255 g/mol. The molecule has 3 nitrogen and oxygen atoms in total. The van der Waals surface area contributed by atoms with Crippen LogP contribution in [0.15, 0.2) is 0 Å². The molecule has 0 aromatic heterocycles. The topological polar surface area (TPSA) is 30.5 Å². The predicted octanol–water partition coefficient (Wildman–Crippen LogP) is 2.74. The van der Waals surface area contributed by atoms with Gasteiger partial charge in [-0.2, -0.15) is 0 Å². The largest absolute Gasteiger partial charge is 0.377 e. The number of nitrogens with one attached hydrogen (secondary N) is 1. The Morgan fingerprint density at radius 1 is 1.39 bits per heavy atom. The van der Waals surface area contributed by atoms with Gasteiger partial charge < -0.3 is 14.8 Å². The highest BCUT2D eigenvalue weighted by Crippen LogP contribution is 2.45. The van der Waals surface area contributed by atoms with Crippen LogP contribution in [0.4, 0.5) is 0 Å². The minimum Gasteiger partial charge on any atom is -0.377 e. The maximum Gasteiger partial charge on any atom is 0.0685 e. The summed E-state index contributed by atoms with van der Waals surface area (Å²) in [6, 6.07) is 0.499. The van der Waals surface area contributed by atoms with Gasteiger partial charge >= 0.3 is 0 Å². The molecule has 1 saturated carbocycles. The van der Waals surface area contributed by atoms with Gasteiger partial charge in [0, 0.05) is 12.6 Å². The molecule has 1 aliphatic carbocycles. The van der Waals surface area contributed by atoms with Crippen LogP contribution in [0.25, 0.3) is 0 Å². The zero-order chi connectivity index (χ0) is 13.0. The summed E-state index contributed by atoms with van der Waals surface area (Å²) in [5, 5.41) is 3.61. The van der Waals surface area contributed by atoms with E-state index >= 15 is 0 Å². The molecule has 0 aromatic rings. The van der Waals surface area contributed by atoms with Crippen LogP contribution < -0.4 is 5.32 Å². The molecule has 0 amide bonds. The van der Waals surface area contributed by atoms with Crippen LogP contribution in [0, 0.1) is 5.92 Å². The second kappa shape index (κ2) is 6.36. The van der Waals surface area contributed by atoms with Gasteiger partial charge in [0.1, 0.15) is 0 Å². The lowest BCUT2D eigenvalue weighted by molar-refractivity contribution is -0.149. The SMILES string of the molecule is CCNC(COC(C)C)C1CCOC2(CCC2)C1. The average molecular weight is 255 g/mol. The molecule has 1 saturated heterocycles. The molecule has 0 radical (unpaired) electrons. The molecule has 2 atom stereocenters. The summed E-state index contributed by atoms with van der Waals surface area (Å²) in [6.45, 7) is 9.21. The normalized spacial score (nSPS) is 28.3. The lowest BCUT2D eigenvalue weighted by atomic mass is 9.70. The average Bonchev–Trinajstić information content (AvgIpc) is 2.32. The van der Waals surface area contributed by atoms with E-state index in [1.165, 1.54) is 32.1 Å². The molecule has 1 aliphatic heterocycles. The van der Waals surface area contributed by atoms with Gasteiger partial charge in [0.2, 0.25) is 0 Å². The first-order valence-electron chi connectivity index (χ1n) is 7.64.